The summed E-state index contributed by atoms with van der Waals surface area (Å²) < 4.78 is 1.43. The van der Waals surface area contributed by atoms with Crippen LogP contribution in [-0.4, -0.2) is 27.1 Å². The third-order valence-corrected chi connectivity index (χ3v) is 4.76. The Labute approximate surface area is 153 Å². The quantitative estimate of drug-likeness (QED) is 0.527. The summed E-state index contributed by atoms with van der Waals surface area (Å²) in [7, 11) is 1.63. The van der Waals surface area contributed by atoms with E-state index in [-0.39, 0.29) is 17.2 Å². The lowest BCUT2D eigenvalue weighted by Crippen LogP contribution is -2.21. The van der Waals surface area contributed by atoms with Crippen LogP contribution in [0.4, 0.5) is 5.69 Å². The molecule has 2 aromatic carbocycles. The molecule has 0 bridgehead atoms. The Bertz CT molecular complexity index is 1040. The lowest BCUT2D eigenvalue weighted by Gasteiger charge is -2.09. The lowest BCUT2D eigenvalue weighted by molar-refractivity contribution is -0.113. The SMILES string of the molecule is Cn1c(SCC(=O)Nc2ccc(C(N)=O)cc2)nc2ccccc2c1=O. The zero-order chi connectivity index (χ0) is 18.7. The number of rotatable bonds is 5. The van der Waals surface area contributed by atoms with Crippen molar-refractivity contribution < 1.29 is 9.59 Å². The molecule has 3 aromatic rings. The Morgan fingerprint density at radius 1 is 1.15 bits per heavy atom. The maximum absolute atomic E-state index is 12.3. The molecule has 0 radical (unpaired) electrons. The number of fused-ring (bicyclic) bond motifs is 1. The fourth-order valence-corrected chi connectivity index (χ4v) is 3.14. The van der Waals surface area contributed by atoms with Crippen LogP contribution in [0.1, 0.15) is 10.4 Å². The van der Waals surface area contributed by atoms with Gasteiger partial charge in [0.05, 0.1) is 16.7 Å². The Morgan fingerprint density at radius 2 is 1.85 bits per heavy atom. The third kappa shape index (κ3) is 3.75. The molecule has 7 nitrogen and oxygen atoms in total. The molecule has 3 rings (SSSR count). The number of hydrogen-bond acceptors (Lipinski definition) is 5. The van der Waals surface area contributed by atoms with Crippen LogP contribution in [0.25, 0.3) is 10.9 Å². The fraction of sp³-hybridized carbons (Fsp3) is 0.111. The molecule has 1 heterocycles. The van der Waals surface area contributed by atoms with Crippen LogP contribution >= 0.6 is 11.8 Å². The number of para-hydroxylation sites is 1. The van der Waals surface area contributed by atoms with Crippen LogP contribution < -0.4 is 16.6 Å². The van der Waals surface area contributed by atoms with Crippen LogP contribution in [0.2, 0.25) is 0 Å². The normalized spacial score (nSPS) is 10.7. The summed E-state index contributed by atoms with van der Waals surface area (Å²) in [5, 5.41) is 3.73. The number of aromatic nitrogens is 2. The van der Waals surface area contributed by atoms with E-state index < -0.39 is 5.91 Å². The second-order valence-corrected chi connectivity index (χ2v) is 6.50. The zero-order valence-electron chi connectivity index (χ0n) is 13.9. The standard InChI is InChI=1S/C18H16N4O3S/c1-22-17(25)13-4-2-3-5-14(13)21-18(22)26-10-15(23)20-12-8-6-11(7-9-12)16(19)24/h2-9H,10H2,1H3,(H2,19,24)(H,20,23). The van der Waals surface area contributed by atoms with Gasteiger partial charge in [-0.15, -0.1) is 0 Å². The summed E-state index contributed by atoms with van der Waals surface area (Å²) in [6, 6.07) is 13.4. The van der Waals surface area contributed by atoms with E-state index in [1.165, 1.54) is 16.3 Å². The van der Waals surface area contributed by atoms with Gasteiger partial charge < -0.3 is 11.1 Å². The number of benzene rings is 2. The largest absolute Gasteiger partial charge is 0.366 e. The van der Waals surface area contributed by atoms with E-state index in [0.29, 0.717) is 27.3 Å². The monoisotopic (exact) mass is 368 g/mol. The molecule has 0 aliphatic rings. The molecule has 0 spiro atoms. The highest BCUT2D eigenvalue weighted by atomic mass is 32.2. The topological polar surface area (TPSA) is 107 Å². The third-order valence-electron chi connectivity index (χ3n) is 3.73. The molecule has 26 heavy (non-hydrogen) atoms. The molecule has 1 aromatic heterocycles. The molecule has 0 unspecified atom stereocenters. The van der Waals surface area contributed by atoms with Crippen molar-refractivity contribution in [3.8, 4) is 0 Å². The number of thioether (sulfide) groups is 1. The highest BCUT2D eigenvalue weighted by Crippen LogP contribution is 2.17. The van der Waals surface area contributed by atoms with E-state index >= 15 is 0 Å². The molecule has 8 heteroatoms. The fourth-order valence-electron chi connectivity index (χ4n) is 2.37. The summed E-state index contributed by atoms with van der Waals surface area (Å²) in [5.41, 5.74) is 6.55. The Kier molecular flexibility index (Phi) is 5.04. The van der Waals surface area contributed by atoms with Gasteiger partial charge >= 0.3 is 0 Å². The van der Waals surface area contributed by atoms with Crippen molar-refractivity contribution >= 4 is 40.2 Å². The van der Waals surface area contributed by atoms with Gasteiger partial charge in [-0.1, -0.05) is 23.9 Å². The molecule has 0 saturated carbocycles. The molecule has 132 valence electrons. The Hall–Kier alpha value is -3.13. The molecule has 0 aliphatic carbocycles. The highest BCUT2D eigenvalue weighted by molar-refractivity contribution is 7.99. The molecule has 0 saturated heterocycles. The van der Waals surface area contributed by atoms with Gasteiger partial charge in [0.1, 0.15) is 0 Å². The summed E-state index contributed by atoms with van der Waals surface area (Å²) in [6.07, 6.45) is 0. The van der Waals surface area contributed by atoms with Crippen LogP contribution in [-0.2, 0) is 11.8 Å². The number of nitrogens with one attached hydrogen (secondary N) is 1. The molecule has 0 atom stereocenters. The number of carbonyl (C=O) groups excluding carboxylic acids is 2. The first-order chi connectivity index (χ1) is 12.5. The number of hydrogen-bond donors (Lipinski definition) is 2. The maximum atomic E-state index is 12.3. The smallest absolute Gasteiger partial charge is 0.261 e. The number of anilines is 1. The van der Waals surface area contributed by atoms with Gasteiger partial charge in [-0.3, -0.25) is 19.0 Å². The minimum absolute atomic E-state index is 0.0934. The van der Waals surface area contributed by atoms with Crippen LogP contribution in [0, 0.1) is 0 Å². The number of nitrogens with zero attached hydrogens (tertiary/aromatic N) is 2. The van der Waals surface area contributed by atoms with Crippen molar-refractivity contribution in [1.82, 2.24) is 9.55 Å². The van der Waals surface area contributed by atoms with Crippen molar-refractivity contribution in [3.63, 3.8) is 0 Å². The molecule has 2 amide bonds. The van der Waals surface area contributed by atoms with Crippen molar-refractivity contribution in [1.29, 1.82) is 0 Å². The minimum atomic E-state index is -0.526. The molecule has 3 N–H and O–H groups in total. The molecule has 0 aliphatic heterocycles. The van der Waals surface area contributed by atoms with E-state index in [1.807, 2.05) is 6.07 Å². The lowest BCUT2D eigenvalue weighted by atomic mass is 10.2. The maximum Gasteiger partial charge on any atom is 0.261 e. The summed E-state index contributed by atoms with van der Waals surface area (Å²) in [5.74, 6) is -0.679. The molecular formula is C18H16N4O3S. The average molecular weight is 368 g/mol. The second kappa shape index (κ2) is 7.40. The van der Waals surface area contributed by atoms with Gasteiger partial charge in [-0.05, 0) is 36.4 Å². The van der Waals surface area contributed by atoms with Crippen LogP contribution in [0.5, 0.6) is 0 Å². The van der Waals surface area contributed by atoms with Crippen molar-refractivity contribution in [2.75, 3.05) is 11.1 Å². The summed E-state index contributed by atoms with van der Waals surface area (Å²) in [4.78, 5) is 40.0. The first-order valence-corrected chi connectivity index (χ1v) is 8.72. The van der Waals surface area contributed by atoms with Crippen LogP contribution in [0.15, 0.2) is 58.5 Å². The molecular weight excluding hydrogens is 352 g/mol. The predicted molar refractivity (Wildman–Crippen MR) is 101 cm³/mol. The van der Waals surface area contributed by atoms with Gasteiger partial charge in [0.25, 0.3) is 5.56 Å². The Morgan fingerprint density at radius 3 is 2.54 bits per heavy atom. The first kappa shape index (κ1) is 17.7. The molecule has 0 fully saturated rings. The van der Waals surface area contributed by atoms with E-state index in [0.717, 1.165) is 0 Å². The zero-order valence-corrected chi connectivity index (χ0v) is 14.7. The van der Waals surface area contributed by atoms with E-state index in [1.54, 1.807) is 49.5 Å². The van der Waals surface area contributed by atoms with Crippen molar-refractivity contribution in [2.45, 2.75) is 5.16 Å². The van der Waals surface area contributed by atoms with Crippen molar-refractivity contribution in [2.24, 2.45) is 12.8 Å². The van der Waals surface area contributed by atoms with Gasteiger partial charge in [0.2, 0.25) is 11.8 Å². The van der Waals surface area contributed by atoms with E-state index in [9.17, 15) is 14.4 Å². The number of primary amides is 1. The van der Waals surface area contributed by atoms with Gasteiger partial charge in [0.15, 0.2) is 5.16 Å². The van der Waals surface area contributed by atoms with Crippen molar-refractivity contribution in [3.05, 3.63) is 64.4 Å². The second-order valence-electron chi connectivity index (χ2n) is 5.55. The van der Waals surface area contributed by atoms with Gasteiger partial charge in [-0.25, -0.2) is 4.98 Å². The average Bonchev–Trinajstić information content (AvgIpc) is 2.64. The minimum Gasteiger partial charge on any atom is -0.366 e. The van der Waals surface area contributed by atoms with Gasteiger partial charge in [0, 0.05) is 18.3 Å². The Balaban J connectivity index is 1.69. The van der Waals surface area contributed by atoms with E-state index in [2.05, 4.69) is 10.3 Å². The van der Waals surface area contributed by atoms with Crippen LogP contribution in [0.3, 0.4) is 0 Å². The van der Waals surface area contributed by atoms with Gasteiger partial charge in [-0.2, -0.15) is 0 Å². The summed E-state index contributed by atoms with van der Waals surface area (Å²) >= 11 is 1.18. The highest BCUT2D eigenvalue weighted by Gasteiger charge is 2.11. The van der Waals surface area contributed by atoms with E-state index in [4.69, 9.17) is 5.73 Å². The first-order valence-electron chi connectivity index (χ1n) is 7.74. The number of nitrogens with two attached hydrogens (primary N) is 1. The predicted octanol–water partition coefficient (Wildman–Crippen LogP) is 1.76. The summed E-state index contributed by atoms with van der Waals surface area (Å²) in [6.45, 7) is 0. The number of carbonyl (C=O) groups is 2. The number of amides is 2.